The number of alkyl halides is 6. The highest BCUT2D eigenvalue weighted by atomic mass is 19.4. The van der Waals surface area contributed by atoms with E-state index in [2.05, 4.69) is 16.4 Å². The Labute approximate surface area is 141 Å². The molecule has 0 rings (SSSR count). The molecule has 4 nitrogen and oxygen atoms in total. The number of hydrogen-bond acceptors (Lipinski definition) is 4. The number of unbranched alkanes of at least 4 members (excludes halogenated alkanes) is 5. The van der Waals surface area contributed by atoms with Crippen molar-refractivity contribution in [3.05, 3.63) is 12.2 Å². The maximum absolute atomic E-state index is 12.2. The molecule has 0 aliphatic rings. The van der Waals surface area contributed by atoms with Crippen molar-refractivity contribution >= 4 is 11.9 Å². The molecule has 0 aromatic carbocycles. The lowest BCUT2D eigenvalue weighted by Crippen LogP contribution is -2.45. The van der Waals surface area contributed by atoms with Gasteiger partial charge in [-0.2, -0.15) is 26.3 Å². The van der Waals surface area contributed by atoms with Gasteiger partial charge in [-0.3, -0.25) is 0 Å². The van der Waals surface area contributed by atoms with E-state index in [0.717, 1.165) is 32.1 Å². The normalized spacial score (nSPS) is 12.6. The molecule has 0 aliphatic carbocycles. The third kappa shape index (κ3) is 11.4. The molecule has 0 aromatic heterocycles. The first-order chi connectivity index (χ1) is 11.5. The average Bonchev–Trinajstić information content (AvgIpc) is 2.47. The van der Waals surface area contributed by atoms with Gasteiger partial charge in [0.15, 0.2) is 0 Å². The molecule has 10 heteroatoms. The Morgan fingerprint density at radius 2 is 1.32 bits per heavy atom. The van der Waals surface area contributed by atoms with Gasteiger partial charge in [0, 0.05) is 12.2 Å². The molecule has 0 spiro atoms. The largest absolute Gasteiger partial charge is 0.463 e. The van der Waals surface area contributed by atoms with Crippen LogP contribution < -0.4 is 0 Å². The van der Waals surface area contributed by atoms with Crippen LogP contribution >= 0.6 is 0 Å². The molecule has 0 aliphatic heterocycles. The molecule has 0 fully saturated rings. The Balaban J connectivity index is 4.21. The number of hydrogen-bond donors (Lipinski definition) is 0. The highest BCUT2D eigenvalue weighted by Crippen LogP contribution is 2.35. The molecule has 0 amide bonds. The van der Waals surface area contributed by atoms with E-state index in [1.165, 1.54) is 0 Å². The summed E-state index contributed by atoms with van der Waals surface area (Å²) in [5, 5.41) is 0. The summed E-state index contributed by atoms with van der Waals surface area (Å²) < 4.78 is 81.1. The van der Waals surface area contributed by atoms with E-state index in [4.69, 9.17) is 0 Å². The van der Waals surface area contributed by atoms with E-state index in [1.807, 2.05) is 0 Å². The minimum atomic E-state index is -5.81. The minimum Gasteiger partial charge on any atom is -0.463 e. The number of ether oxygens (including phenoxy) is 2. The predicted molar refractivity (Wildman–Crippen MR) is 75.5 cm³/mol. The zero-order valence-electron chi connectivity index (χ0n) is 13.6. The van der Waals surface area contributed by atoms with Crippen LogP contribution in [0.4, 0.5) is 26.3 Å². The van der Waals surface area contributed by atoms with E-state index < -0.39 is 30.4 Å². The van der Waals surface area contributed by atoms with Gasteiger partial charge in [0.2, 0.25) is 0 Å². The third-order valence-corrected chi connectivity index (χ3v) is 2.93. The second kappa shape index (κ2) is 11.0. The molecule has 0 unspecified atom stereocenters. The fourth-order valence-corrected chi connectivity index (χ4v) is 1.71. The zero-order valence-corrected chi connectivity index (χ0v) is 13.6. The van der Waals surface area contributed by atoms with Gasteiger partial charge in [-0.05, 0) is 6.42 Å². The molecule has 0 atom stereocenters. The van der Waals surface area contributed by atoms with Gasteiger partial charge < -0.3 is 9.47 Å². The first-order valence-electron chi connectivity index (χ1n) is 7.67. The standard InChI is InChI=1S/C15H20F6O4/c1-2-3-4-5-6-7-10-24-11(22)8-9-12(23)25-13(14(16,17)18)15(19,20)21/h8-9,13H,2-7,10H2,1H3/b9-8+. The lowest BCUT2D eigenvalue weighted by atomic mass is 10.1. The first-order valence-corrected chi connectivity index (χ1v) is 7.67. The van der Waals surface area contributed by atoms with E-state index in [0.29, 0.717) is 12.5 Å². The van der Waals surface area contributed by atoms with E-state index in [-0.39, 0.29) is 12.7 Å². The second-order valence-electron chi connectivity index (χ2n) is 5.17. The van der Waals surface area contributed by atoms with E-state index in [9.17, 15) is 35.9 Å². The van der Waals surface area contributed by atoms with Gasteiger partial charge >= 0.3 is 24.3 Å². The summed E-state index contributed by atoms with van der Waals surface area (Å²) in [5.74, 6) is -3.00. The summed E-state index contributed by atoms with van der Waals surface area (Å²) in [6.45, 7) is 2.10. The van der Waals surface area contributed by atoms with Gasteiger partial charge in [0.05, 0.1) is 6.61 Å². The van der Waals surface area contributed by atoms with Crippen molar-refractivity contribution in [3.8, 4) is 0 Å². The Morgan fingerprint density at radius 3 is 1.84 bits per heavy atom. The number of carbonyl (C=O) groups is 2. The Kier molecular flexibility index (Phi) is 10.2. The number of esters is 2. The highest BCUT2D eigenvalue weighted by molar-refractivity contribution is 5.91. The van der Waals surface area contributed by atoms with Gasteiger partial charge in [-0.15, -0.1) is 0 Å². The number of rotatable bonds is 10. The molecule has 0 N–H and O–H groups in total. The fraction of sp³-hybridized carbons (Fsp3) is 0.733. The maximum atomic E-state index is 12.2. The SMILES string of the molecule is CCCCCCCCOC(=O)/C=C/C(=O)OC(C(F)(F)F)C(F)(F)F. The summed E-state index contributed by atoms with van der Waals surface area (Å²) in [4.78, 5) is 22.2. The average molecular weight is 378 g/mol. The van der Waals surface area contributed by atoms with Crippen molar-refractivity contribution in [2.75, 3.05) is 6.61 Å². The lowest BCUT2D eigenvalue weighted by molar-refractivity contribution is -0.312. The monoisotopic (exact) mass is 378 g/mol. The summed E-state index contributed by atoms with van der Waals surface area (Å²) in [7, 11) is 0. The molecular formula is C15H20F6O4. The predicted octanol–water partition coefficient (Wildman–Crippen LogP) is 4.48. The Hall–Kier alpha value is -1.74. The van der Waals surface area contributed by atoms with Crippen LogP contribution in [-0.4, -0.2) is 37.0 Å². The first kappa shape index (κ1) is 23.3. The molecule has 0 saturated heterocycles. The van der Waals surface area contributed by atoms with E-state index in [1.54, 1.807) is 0 Å². The molecule has 25 heavy (non-hydrogen) atoms. The molecule has 146 valence electrons. The van der Waals surface area contributed by atoms with Crippen molar-refractivity contribution in [3.63, 3.8) is 0 Å². The highest BCUT2D eigenvalue weighted by Gasteiger charge is 2.59. The molecule has 0 heterocycles. The van der Waals surface area contributed by atoms with Crippen LogP contribution in [0.15, 0.2) is 12.2 Å². The summed E-state index contributed by atoms with van der Waals surface area (Å²) in [6.07, 6.45) is -9.70. The minimum absolute atomic E-state index is 0.0398. The van der Waals surface area contributed by atoms with Gasteiger partial charge in [-0.25, -0.2) is 9.59 Å². The molecule has 0 aromatic rings. The van der Waals surface area contributed by atoms with Crippen molar-refractivity contribution < 1.29 is 45.4 Å². The van der Waals surface area contributed by atoms with Crippen LogP contribution in [0.1, 0.15) is 45.4 Å². The van der Waals surface area contributed by atoms with Crippen LogP contribution in [0.3, 0.4) is 0 Å². The second-order valence-corrected chi connectivity index (χ2v) is 5.17. The van der Waals surface area contributed by atoms with Crippen LogP contribution in [0, 0.1) is 0 Å². The topological polar surface area (TPSA) is 52.6 Å². The lowest BCUT2D eigenvalue weighted by Gasteiger charge is -2.22. The summed E-state index contributed by atoms with van der Waals surface area (Å²) in [6, 6.07) is 0. The number of halogens is 6. The van der Waals surface area contributed by atoms with Crippen molar-refractivity contribution in [1.82, 2.24) is 0 Å². The van der Waals surface area contributed by atoms with Gasteiger partial charge in [-0.1, -0.05) is 39.0 Å². The zero-order chi connectivity index (χ0) is 19.5. The molecular weight excluding hydrogens is 358 g/mol. The molecule has 0 saturated carbocycles. The van der Waals surface area contributed by atoms with Crippen molar-refractivity contribution in [2.45, 2.75) is 63.9 Å². The quantitative estimate of drug-likeness (QED) is 0.243. The van der Waals surface area contributed by atoms with Gasteiger partial charge in [0.1, 0.15) is 0 Å². The Morgan fingerprint density at radius 1 is 0.840 bits per heavy atom. The maximum Gasteiger partial charge on any atom is 0.434 e. The number of carbonyl (C=O) groups excluding carboxylic acids is 2. The van der Waals surface area contributed by atoms with Crippen LogP contribution in [0.2, 0.25) is 0 Å². The Bertz CT molecular complexity index is 428. The third-order valence-electron chi connectivity index (χ3n) is 2.93. The van der Waals surface area contributed by atoms with Crippen LogP contribution in [0.5, 0.6) is 0 Å². The van der Waals surface area contributed by atoms with Crippen LogP contribution in [0.25, 0.3) is 0 Å². The fourth-order valence-electron chi connectivity index (χ4n) is 1.71. The summed E-state index contributed by atoms with van der Waals surface area (Å²) in [5.41, 5.74) is 0. The van der Waals surface area contributed by atoms with Crippen molar-refractivity contribution in [2.24, 2.45) is 0 Å². The van der Waals surface area contributed by atoms with Crippen molar-refractivity contribution in [1.29, 1.82) is 0 Å². The molecule has 0 radical (unpaired) electrons. The summed E-state index contributed by atoms with van der Waals surface area (Å²) >= 11 is 0. The van der Waals surface area contributed by atoms with Crippen LogP contribution in [-0.2, 0) is 19.1 Å². The van der Waals surface area contributed by atoms with E-state index >= 15 is 0 Å². The smallest absolute Gasteiger partial charge is 0.434 e. The molecule has 0 bridgehead atoms. The van der Waals surface area contributed by atoms with Gasteiger partial charge in [0.25, 0.3) is 6.10 Å².